The van der Waals surface area contributed by atoms with Gasteiger partial charge in [0.15, 0.2) is 0 Å². The molecule has 0 aliphatic heterocycles. The highest BCUT2D eigenvalue weighted by Crippen LogP contribution is 2.21. The van der Waals surface area contributed by atoms with Crippen molar-refractivity contribution >= 4 is 5.82 Å². The molecule has 1 aromatic heterocycles. The first kappa shape index (κ1) is 19.8. The van der Waals surface area contributed by atoms with E-state index < -0.39 is 16.5 Å². The average molecular weight is 360 g/mol. The monoisotopic (exact) mass is 360 g/mol. The summed E-state index contributed by atoms with van der Waals surface area (Å²) in [6.07, 6.45) is 4.25. The van der Waals surface area contributed by atoms with Crippen molar-refractivity contribution in [2.45, 2.75) is 44.1 Å². The van der Waals surface area contributed by atoms with Crippen molar-refractivity contribution in [3.8, 4) is 5.75 Å². The van der Waals surface area contributed by atoms with Gasteiger partial charge in [0.2, 0.25) is 5.75 Å². The summed E-state index contributed by atoms with van der Waals surface area (Å²) in [5, 5.41) is 18.8. The number of ether oxygens (including phenoxy) is 1. The number of hydrogen-bond donors (Lipinski definition) is 3. The van der Waals surface area contributed by atoms with E-state index in [1.54, 1.807) is 0 Å². The van der Waals surface area contributed by atoms with E-state index in [0.29, 0.717) is 6.61 Å². The Morgan fingerprint density at radius 3 is 2.31 bits per heavy atom. The summed E-state index contributed by atoms with van der Waals surface area (Å²) >= 11 is 0. The molecule has 0 radical (unpaired) electrons. The zero-order valence-electron chi connectivity index (χ0n) is 14.4. The van der Waals surface area contributed by atoms with Crippen molar-refractivity contribution in [2.24, 2.45) is 11.5 Å². The quantitative estimate of drug-likeness (QED) is 0.560. The van der Waals surface area contributed by atoms with Crippen LogP contribution in [0.15, 0.2) is 48.7 Å². The fourth-order valence-electron chi connectivity index (χ4n) is 2.81. The number of nitro groups is 1. The van der Waals surface area contributed by atoms with Crippen LogP contribution in [0.2, 0.25) is 0 Å². The van der Waals surface area contributed by atoms with Gasteiger partial charge in [-0.05, 0) is 46.9 Å². The number of benzene rings is 1. The van der Waals surface area contributed by atoms with E-state index >= 15 is 0 Å². The highest BCUT2D eigenvalue weighted by atomic mass is 16.6. The zero-order valence-corrected chi connectivity index (χ0v) is 14.4. The van der Waals surface area contributed by atoms with Crippen LogP contribution in [-0.2, 0) is 11.3 Å². The van der Waals surface area contributed by atoms with Gasteiger partial charge in [-0.15, -0.1) is 0 Å². The number of pyridine rings is 1. The molecule has 1 fully saturated rings. The maximum absolute atomic E-state index is 10.0. The normalized spacial score (nSPS) is 22.2. The van der Waals surface area contributed by atoms with Gasteiger partial charge < -0.3 is 31.4 Å². The van der Waals surface area contributed by atoms with Gasteiger partial charge in [0.1, 0.15) is 6.20 Å². The van der Waals surface area contributed by atoms with Gasteiger partial charge in [0.05, 0.1) is 12.7 Å². The minimum absolute atomic E-state index is 0.199. The van der Waals surface area contributed by atoms with Gasteiger partial charge in [-0.1, -0.05) is 30.3 Å². The SMILES string of the molecule is NC1CC(N)CC(OCc2ccccc2)C1.O=[N+]([O-])c1ncccc1O. The van der Waals surface area contributed by atoms with E-state index in [1.807, 2.05) is 18.2 Å². The lowest BCUT2D eigenvalue weighted by atomic mass is 9.90. The average Bonchev–Trinajstić information content (AvgIpc) is 2.61. The van der Waals surface area contributed by atoms with Crippen molar-refractivity contribution < 1.29 is 14.8 Å². The molecule has 140 valence electrons. The van der Waals surface area contributed by atoms with E-state index in [-0.39, 0.29) is 18.2 Å². The molecule has 0 saturated heterocycles. The fourth-order valence-corrected chi connectivity index (χ4v) is 2.81. The zero-order chi connectivity index (χ0) is 18.9. The van der Waals surface area contributed by atoms with Gasteiger partial charge in [0, 0.05) is 12.1 Å². The lowest BCUT2D eigenvalue weighted by Gasteiger charge is -2.31. The molecule has 2 unspecified atom stereocenters. The lowest BCUT2D eigenvalue weighted by Crippen LogP contribution is -2.42. The standard InChI is InChI=1S/C13H20N2O.C5H4N2O3/c14-11-6-12(15)8-13(7-11)16-9-10-4-2-1-3-5-10;8-4-2-1-3-6-5(4)7(9)10/h1-5,11-13H,6-9,14-15H2;1-3,8H. The van der Waals surface area contributed by atoms with Gasteiger partial charge >= 0.3 is 5.82 Å². The van der Waals surface area contributed by atoms with E-state index in [9.17, 15) is 10.1 Å². The molecule has 1 aliphatic carbocycles. The molecular formula is C18H24N4O4. The molecular weight excluding hydrogens is 336 g/mol. The van der Waals surface area contributed by atoms with E-state index in [4.69, 9.17) is 21.3 Å². The third kappa shape index (κ3) is 6.40. The summed E-state index contributed by atoms with van der Waals surface area (Å²) in [6, 6.07) is 13.2. The van der Waals surface area contributed by atoms with Gasteiger partial charge in [-0.2, -0.15) is 0 Å². The molecule has 2 aromatic rings. The van der Waals surface area contributed by atoms with E-state index in [1.165, 1.54) is 23.9 Å². The maximum Gasteiger partial charge on any atom is 0.405 e. The predicted octanol–water partition coefficient (Wildman–Crippen LogP) is 2.11. The summed E-state index contributed by atoms with van der Waals surface area (Å²) in [5.41, 5.74) is 13.1. The molecule has 1 saturated carbocycles. The van der Waals surface area contributed by atoms with Gasteiger partial charge in [-0.3, -0.25) is 0 Å². The largest absolute Gasteiger partial charge is 0.501 e. The van der Waals surface area contributed by atoms with Gasteiger partial charge in [-0.25, -0.2) is 0 Å². The molecule has 5 N–H and O–H groups in total. The number of hydrogen-bond acceptors (Lipinski definition) is 7. The maximum atomic E-state index is 10.0. The van der Waals surface area contributed by atoms with Crippen molar-refractivity contribution in [3.05, 3.63) is 64.3 Å². The molecule has 2 atom stereocenters. The third-order valence-electron chi connectivity index (χ3n) is 4.00. The highest BCUT2D eigenvalue weighted by Gasteiger charge is 2.24. The Balaban J connectivity index is 0.000000209. The minimum Gasteiger partial charge on any atom is -0.501 e. The number of aromatic nitrogens is 1. The first-order valence-electron chi connectivity index (χ1n) is 8.40. The Labute approximate surface area is 152 Å². The molecule has 8 heteroatoms. The van der Waals surface area contributed by atoms with Crippen LogP contribution in [0.1, 0.15) is 24.8 Å². The van der Waals surface area contributed by atoms with E-state index in [0.717, 1.165) is 19.3 Å². The van der Waals surface area contributed by atoms with Gasteiger partial charge in [0.25, 0.3) is 0 Å². The van der Waals surface area contributed by atoms with Crippen molar-refractivity contribution in [1.82, 2.24) is 4.98 Å². The lowest BCUT2D eigenvalue weighted by molar-refractivity contribution is -0.390. The molecule has 0 amide bonds. The Hall–Kier alpha value is -2.55. The van der Waals surface area contributed by atoms with Crippen LogP contribution in [0.5, 0.6) is 5.75 Å². The van der Waals surface area contributed by atoms with Crippen LogP contribution in [-0.4, -0.2) is 33.2 Å². The summed E-state index contributed by atoms with van der Waals surface area (Å²) < 4.78 is 5.85. The third-order valence-corrected chi connectivity index (χ3v) is 4.00. The summed E-state index contributed by atoms with van der Waals surface area (Å²) in [5.74, 6) is -0.921. The molecule has 1 aromatic carbocycles. The van der Waals surface area contributed by atoms with Crippen LogP contribution in [0.3, 0.4) is 0 Å². The second kappa shape index (κ2) is 9.81. The molecule has 1 aliphatic rings. The molecule has 0 bridgehead atoms. The summed E-state index contributed by atoms with van der Waals surface area (Å²) in [7, 11) is 0. The molecule has 8 nitrogen and oxygen atoms in total. The first-order valence-corrected chi connectivity index (χ1v) is 8.40. The predicted molar refractivity (Wildman–Crippen MR) is 97.4 cm³/mol. The van der Waals surface area contributed by atoms with Crippen molar-refractivity contribution in [1.29, 1.82) is 0 Å². The van der Waals surface area contributed by atoms with Crippen LogP contribution in [0.25, 0.3) is 0 Å². The number of rotatable bonds is 4. The Morgan fingerprint density at radius 2 is 1.77 bits per heavy atom. The van der Waals surface area contributed by atoms with E-state index in [2.05, 4.69) is 17.1 Å². The number of nitrogens with two attached hydrogens (primary N) is 2. The van der Waals surface area contributed by atoms with Crippen LogP contribution >= 0.6 is 0 Å². The second-order valence-electron chi connectivity index (χ2n) is 6.25. The second-order valence-corrected chi connectivity index (χ2v) is 6.25. The summed E-state index contributed by atoms with van der Waals surface area (Å²) in [6.45, 7) is 0.658. The van der Waals surface area contributed by atoms with Crippen LogP contribution in [0, 0.1) is 10.1 Å². The Bertz CT molecular complexity index is 689. The van der Waals surface area contributed by atoms with Crippen LogP contribution in [0.4, 0.5) is 5.82 Å². The topological polar surface area (TPSA) is 138 Å². The van der Waals surface area contributed by atoms with Crippen molar-refractivity contribution in [3.63, 3.8) is 0 Å². The highest BCUT2D eigenvalue weighted by molar-refractivity contribution is 5.36. The number of aromatic hydroxyl groups is 1. The molecule has 26 heavy (non-hydrogen) atoms. The molecule has 3 rings (SSSR count). The number of nitrogens with zero attached hydrogens (tertiary/aromatic N) is 2. The van der Waals surface area contributed by atoms with Crippen molar-refractivity contribution in [2.75, 3.05) is 0 Å². The first-order chi connectivity index (χ1) is 12.5. The Morgan fingerprint density at radius 1 is 1.12 bits per heavy atom. The molecule has 0 spiro atoms. The smallest absolute Gasteiger partial charge is 0.405 e. The Kier molecular flexibility index (Phi) is 7.46. The fraction of sp³-hybridized carbons (Fsp3) is 0.389. The molecule has 1 heterocycles. The van der Waals surface area contributed by atoms with Crippen LogP contribution < -0.4 is 11.5 Å². The minimum atomic E-state index is -0.741. The summed E-state index contributed by atoms with van der Waals surface area (Å²) in [4.78, 5) is 12.6.